The molecule has 2 aliphatic rings. The first-order valence-corrected chi connectivity index (χ1v) is 17.3. The van der Waals surface area contributed by atoms with Crippen molar-refractivity contribution in [3.05, 3.63) is 112 Å². The van der Waals surface area contributed by atoms with Crippen LogP contribution in [0.3, 0.4) is 0 Å². The molecule has 0 amide bonds. The van der Waals surface area contributed by atoms with Gasteiger partial charge in [-0.05, 0) is 114 Å². The number of phenolic OH excluding ortho intramolecular Hbond substituents is 2. The Kier molecular flexibility index (Phi) is 11.0. The van der Waals surface area contributed by atoms with E-state index in [0.29, 0.717) is 78.5 Å². The van der Waals surface area contributed by atoms with Crippen LogP contribution in [0.15, 0.2) is 60.7 Å². The maximum atomic E-state index is 11.6. The molecule has 0 atom stereocenters. The first-order valence-electron chi connectivity index (χ1n) is 15.2. The Hall–Kier alpha value is -2.58. The van der Waals surface area contributed by atoms with E-state index in [2.05, 4.69) is 81.6 Å². The Morgan fingerprint density at radius 2 is 0.711 bits per heavy atom. The Morgan fingerprint density at radius 3 is 1.07 bits per heavy atom. The SMILES string of the molecule is Oc1c2cc(I)cc1Cc1cccc3c1OCCOCCOCCOCCOc1c(cccc1C3)Cc1cc(I)cc(c1O)C2. The maximum absolute atomic E-state index is 11.6. The number of fused-ring (bicyclic) bond motifs is 4. The lowest BCUT2D eigenvalue weighted by Crippen LogP contribution is -2.16. The van der Waals surface area contributed by atoms with Crippen LogP contribution in [0.25, 0.3) is 0 Å². The summed E-state index contributed by atoms with van der Waals surface area (Å²) in [6.45, 7) is 3.55. The van der Waals surface area contributed by atoms with Gasteiger partial charge in [0.2, 0.25) is 0 Å². The second-order valence-electron chi connectivity index (χ2n) is 11.2. The third-order valence-electron chi connectivity index (χ3n) is 8.04. The van der Waals surface area contributed by atoms with Gasteiger partial charge >= 0.3 is 0 Å². The smallest absolute Gasteiger partial charge is 0.126 e. The molecule has 1 heterocycles. The molecule has 7 nitrogen and oxygen atoms in total. The van der Waals surface area contributed by atoms with Crippen molar-refractivity contribution in [1.82, 2.24) is 0 Å². The molecule has 1 aliphatic heterocycles. The maximum Gasteiger partial charge on any atom is 0.126 e. The standard InChI is InChI=1S/C36H36I2O7/c37-31-19-27-16-25-5-1-3-23-15-24-4-2-6-26(17-28-20-32(38)22-30(34(28)40)18-29(21-31)33(27)39)36(24)45-14-12-43-10-8-41-7-9-42-11-13-44-35(23)25/h1-6,19-22,39-40H,7-18H2. The number of para-hydroxylation sites is 2. The Bertz CT molecular complexity index is 1540. The van der Waals surface area contributed by atoms with E-state index in [4.69, 9.17) is 23.7 Å². The normalized spacial score (nSPS) is 16.3. The predicted octanol–water partition coefficient (Wildman–Crippen LogP) is 6.80. The molecule has 45 heavy (non-hydrogen) atoms. The second-order valence-corrected chi connectivity index (χ2v) is 13.7. The van der Waals surface area contributed by atoms with Crippen molar-refractivity contribution in [2.24, 2.45) is 0 Å². The van der Waals surface area contributed by atoms with Gasteiger partial charge in [0.15, 0.2) is 0 Å². The van der Waals surface area contributed by atoms with Crippen molar-refractivity contribution >= 4 is 45.2 Å². The first-order chi connectivity index (χ1) is 22.0. The van der Waals surface area contributed by atoms with E-state index >= 15 is 0 Å². The Balaban J connectivity index is 1.51. The minimum atomic E-state index is 0.242. The molecule has 1 aliphatic carbocycles. The summed E-state index contributed by atoms with van der Waals surface area (Å²) in [7, 11) is 0. The summed E-state index contributed by atoms with van der Waals surface area (Å²) < 4.78 is 32.2. The molecule has 4 aromatic rings. The van der Waals surface area contributed by atoms with E-state index in [9.17, 15) is 10.2 Å². The van der Waals surface area contributed by atoms with E-state index in [1.54, 1.807) is 0 Å². The fourth-order valence-electron chi connectivity index (χ4n) is 5.95. The zero-order valence-corrected chi connectivity index (χ0v) is 29.3. The minimum absolute atomic E-state index is 0.242. The minimum Gasteiger partial charge on any atom is -0.507 e. The van der Waals surface area contributed by atoms with Crippen LogP contribution in [0.2, 0.25) is 0 Å². The van der Waals surface area contributed by atoms with E-state index < -0.39 is 0 Å². The summed E-state index contributed by atoms with van der Waals surface area (Å²) in [6, 6.07) is 20.4. The van der Waals surface area contributed by atoms with Gasteiger partial charge in [0, 0.05) is 32.8 Å². The molecule has 6 rings (SSSR count). The van der Waals surface area contributed by atoms with Crippen molar-refractivity contribution < 1.29 is 33.9 Å². The summed E-state index contributed by atoms with van der Waals surface area (Å²) in [4.78, 5) is 0. The van der Waals surface area contributed by atoms with Gasteiger partial charge in [0.05, 0.1) is 39.6 Å². The first kappa shape index (κ1) is 32.4. The lowest BCUT2D eigenvalue weighted by molar-refractivity contribution is 0.00474. The number of ether oxygens (including phenoxy) is 5. The zero-order valence-electron chi connectivity index (χ0n) is 25.0. The second kappa shape index (κ2) is 15.3. The topological polar surface area (TPSA) is 86.6 Å². The molecule has 0 saturated carbocycles. The van der Waals surface area contributed by atoms with Crippen molar-refractivity contribution in [3.8, 4) is 23.0 Å². The Labute approximate surface area is 291 Å². The van der Waals surface area contributed by atoms with E-state index in [-0.39, 0.29) is 11.5 Å². The van der Waals surface area contributed by atoms with Gasteiger partial charge in [0.1, 0.15) is 36.2 Å². The number of hydrogen-bond acceptors (Lipinski definition) is 7. The number of aromatic hydroxyl groups is 2. The monoisotopic (exact) mass is 834 g/mol. The molecule has 0 saturated heterocycles. The average Bonchev–Trinajstić information content (AvgIpc) is 3.01. The van der Waals surface area contributed by atoms with Gasteiger partial charge in [-0.2, -0.15) is 0 Å². The van der Waals surface area contributed by atoms with Crippen LogP contribution in [0, 0.1) is 7.14 Å². The molecule has 0 spiro atoms. The molecule has 4 aromatic carbocycles. The van der Waals surface area contributed by atoms with Crippen LogP contribution < -0.4 is 9.47 Å². The van der Waals surface area contributed by atoms with Crippen LogP contribution in [0.4, 0.5) is 0 Å². The molecule has 10 bridgehead atoms. The number of hydrogen-bond donors (Lipinski definition) is 2. The van der Waals surface area contributed by atoms with Gasteiger partial charge in [0.25, 0.3) is 0 Å². The van der Waals surface area contributed by atoms with Crippen LogP contribution in [0.5, 0.6) is 23.0 Å². The van der Waals surface area contributed by atoms with Crippen molar-refractivity contribution in [1.29, 1.82) is 0 Å². The highest BCUT2D eigenvalue weighted by atomic mass is 127. The molecular formula is C36H36I2O7. The number of rotatable bonds is 0. The Morgan fingerprint density at radius 1 is 0.422 bits per heavy atom. The fraction of sp³-hybridized carbons (Fsp3) is 0.333. The number of benzene rings is 4. The van der Waals surface area contributed by atoms with Crippen molar-refractivity contribution in [2.45, 2.75) is 25.7 Å². The average molecular weight is 834 g/mol. The zero-order chi connectivity index (χ0) is 31.2. The van der Waals surface area contributed by atoms with E-state index in [1.165, 1.54) is 0 Å². The van der Waals surface area contributed by atoms with Gasteiger partial charge in [-0.15, -0.1) is 0 Å². The summed E-state index contributed by atoms with van der Waals surface area (Å²) in [5.41, 5.74) is 7.16. The molecule has 0 unspecified atom stereocenters. The lowest BCUT2D eigenvalue weighted by Gasteiger charge is -2.21. The van der Waals surface area contributed by atoms with E-state index in [0.717, 1.165) is 63.1 Å². The molecule has 0 fully saturated rings. The molecule has 2 N–H and O–H groups in total. The van der Waals surface area contributed by atoms with Crippen molar-refractivity contribution in [3.63, 3.8) is 0 Å². The van der Waals surface area contributed by atoms with Gasteiger partial charge in [-0.25, -0.2) is 0 Å². The molecule has 0 radical (unpaired) electrons. The third-order valence-corrected chi connectivity index (χ3v) is 9.28. The summed E-state index contributed by atoms with van der Waals surface area (Å²) in [6.07, 6.45) is 1.95. The largest absolute Gasteiger partial charge is 0.507 e. The quantitative estimate of drug-likeness (QED) is 0.166. The molecule has 236 valence electrons. The molecule has 0 aromatic heterocycles. The third kappa shape index (κ3) is 8.05. The highest BCUT2D eigenvalue weighted by molar-refractivity contribution is 14.1. The summed E-state index contributed by atoms with van der Waals surface area (Å²) in [5, 5.41) is 23.1. The van der Waals surface area contributed by atoms with Gasteiger partial charge in [-0.1, -0.05) is 36.4 Å². The summed E-state index contributed by atoms with van der Waals surface area (Å²) >= 11 is 4.60. The van der Waals surface area contributed by atoms with Crippen LogP contribution in [-0.4, -0.2) is 63.1 Å². The lowest BCUT2D eigenvalue weighted by atomic mass is 9.91. The van der Waals surface area contributed by atoms with Gasteiger partial charge in [-0.3, -0.25) is 0 Å². The van der Waals surface area contributed by atoms with Crippen LogP contribution in [0.1, 0.15) is 44.5 Å². The summed E-state index contributed by atoms with van der Waals surface area (Å²) in [5.74, 6) is 2.07. The van der Waals surface area contributed by atoms with Crippen LogP contribution >= 0.6 is 45.2 Å². The highest BCUT2D eigenvalue weighted by Crippen LogP contribution is 2.39. The van der Waals surface area contributed by atoms with Crippen molar-refractivity contribution in [2.75, 3.05) is 52.9 Å². The molecular weight excluding hydrogens is 798 g/mol. The number of phenols is 2. The molecule has 9 heteroatoms. The predicted molar refractivity (Wildman–Crippen MR) is 189 cm³/mol. The highest BCUT2D eigenvalue weighted by Gasteiger charge is 2.21. The fourth-order valence-corrected chi connectivity index (χ4v) is 7.45. The van der Waals surface area contributed by atoms with E-state index in [1.807, 2.05) is 24.3 Å². The number of halogens is 2. The van der Waals surface area contributed by atoms with Gasteiger partial charge < -0.3 is 33.9 Å². The van der Waals surface area contributed by atoms with Crippen LogP contribution in [-0.2, 0) is 39.9 Å².